The van der Waals surface area contributed by atoms with Crippen molar-refractivity contribution in [1.29, 1.82) is 5.26 Å². The molecule has 0 unspecified atom stereocenters. The van der Waals surface area contributed by atoms with Gasteiger partial charge >= 0.3 is 0 Å². The van der Waals surface area contributed by atoms with Gasteiger partial charge in [0.1, 0.15) is 19.3 Å². The molecule has 0 atom stereocenters. The molecule has 4 nitrogen and oxygen atoms in total. The van der Waals surface area contributed by atoms with Gasteiger partial charge in [0.2, 0.25) is 0 Å². The number of hydrogen-bond acceptors (Lipinski definition) is 4. The lowest BCUT2D eigenvalue weighted by molar-refractivity contribution is 0.171. The zero-order chi connectivity index (χ0) is 9.26. The largest absolute Gasteiger partial charge is 0.486 e. The van der Waals surface area contributed by atoms with E-state index in [4.69, 9.17) is 20.5 Å². The highest BCUT2D eigenvalue weighted by atomic mass is 16.6. The number of benzene rings is 1. The van der Waals surface area contributed by atoms with Gasteiger partial charge in [-0.05, 0) is 0 Å². The van der Waals surface area contributed by atoms with Crippen LogP contribution in [0.5, 0.6) is 11.5 Å². The van der Waals surface area contributed by atoms with E-state index in [-0.39, 0.29) is 0 Å². The fourth-order valence-electron chi connectivity index (χ4n) is 1.20. The standard InChI is InChI=1S/C9H8N2O2/c10-5-6-3-8-9(4-7(6)11)13-2-1-12-8/h3-4H,1-2,11H2. The highest BCUT2D eigenvalue weighted by Gasteiger charge is 2.13. The molecule has 0 saturated heterocycles. The topological polar surface area (TPSA) is 68.3 Å². The Morgan fingerprint density at radius 3 is 2.46 bits per heavy atom. The quantitative estimate of drug-likeness (QED) is 0.596. The van der Waals surface area contributed by atoms with E-state index in [1.165, 1.54) is 0 Å². The van der Waals surface area contributed by atoms with Crippen LogP contribution in [0.1, 0.15) is 5.56 Å². The van der Waals surface area contributed by atoms with Gasteiger partial charge in [-0.3, -0.25) is 0 Å². The highest BCUT2D eigenvalue weighted by molar-refractivity contribution is 5.62. The maximum absolute atomic E-state index is 8.69. The van der Waals surface area contributed by atoms with Crippen LogP contribution in [0.4, 0.5) is 5.69 Å². The Balaban J connectivity index is 2.52. The maximum Gasteiger partial charge on any atom is 0.163 e. The van der Waals surface area contributed by atoms with Crippen LogP contribution in [0.15, 0.2) is 12.1 Å². The first kappa shape index (κ1) is 7.74. The number of ether oxygens (including phenoxy) is 2. The predicted molar refractivity (Wildman–Crippen MR) is 46.6 cm³/mol. The van der Waals surface area contributed by atoms with E-state index in [0.717, 1.165) is 0 Å². The average Bonchev–Trinajstić information content (AvgIpc) is 2.17. The summed E-state index contributed by atoms with van der Waals surface area (Å²) in [6, 6.07) is 5.20. The fraction of sp³-hybridized carbons (Fsp3) is 0.222. The molecule has 1 aliphatic heterocycles. The van der Waals surface area contributed by atoms with Gasteiger partial charge in [0.15, 0.2) is 11.5 Å². The van der Waals surface area contributed by atoms with Crippen molar-refractivity contribution < 1.29 is 9.47 Å². The summed E-state index contributed by atoms with van der Waals surface area (Å²) in [7, 11) is 0. The van der Waals surface area contributed by atoms with E-state index < -0.39 is 0 Å². The molecule has 0 radical (unpaired) electrons. The van der Waals surface area contributed by atoms with Crippen LogP contribution in [0.25, 0.3) is 0 Å². The Kier molecular flexibility index (Phi) is 1.71. The van der Waals surface area contributed by atoms with Crippen molar-refractivity contribution >= 4 is 5.69 Å². The number of nitrogens with zero attached hydrogens (tertiary/aromatic N) is 1. The Morgan fingerprint density at radius 2 is 1.85 bits per heavy atom. The summed E-state index contributed by atoms with van der Waals surface area (Å²) in [5.74, 6) is 1.21. The number of hydrogen-bond donors (Lipinski definition) is 1. The molecule has 0 aliphatic carbocycles. The molecule has 0 aromatic heterocycles. The Morgan fingerprint density at radius 1 is 1.23 bits per heavy atom. The molecule has 1 aliphatic rings. The predicted octanol–water partition coefficient (Wildman–Crippen LogP) is 0.912. The molecule has 1 aromatic carbocycles. The van der Waals surface area contributed by atoms with Crippen LogP contribution in [-0.4, -0.2) is 13.2 Å². The summed E-state index contributed by atoms with van der Waals surface area (Å²) in [5, 5.41) is 8.69. The monoisotopic (exact) mass is 176 g/mol. The normalized spacial score (nSPS) is 13.5. The average molecular weight is 176 g/mol. The molecule has 0 spiro atoms. The smallest absolute Gasteiger partial charge is 0.163 e. The zero-order valence-corrected chi connectivity index (χ0v) is 6.91. The van der Waals surface area contributed by atoms with Crippen LogP contribution in [-0.2, 0) is 0 Å². The summed E-state index contributed by atoms with van der Waals surface area (Å²) in [6.07, 6.45) is 0. The van der Waals surface area contributed by atoms with Crippen LogP contribution in [0.3, 0.4) is 0 Å². The van der Waals surface area contributed by atoms with E-state index >= 15 is 0 Å². The molecule has 13 heavy (non-hydrogen) atoms. The molecule has 0 bridgehead atoms. The van der Waals surface area contributed by atoms with Crippen LogP contribution < -0.4 is 15.2 Å². The number of anilines is 1. The van der Waals surface area contributed by atoms with E-state index in [0.29, 0.717) is 36.0 Å². The highest BCUT2D eigenvalue weighted by Crippen LogP contribution is 2.33. The third-order valence-electron chi connectivity index (χ3n) is 1.83. The van der Waals surface area contributed by atoms with Crippen LogP contribution >= 0.6 is 0 Å². The summed E-state index contributed by atoms with van der Waals surface area (Å²) >= 11 is 0. The lowest BCUT2D eigenvalue weighted by atomic mass is 10.1. The minimum atomic E-state index is 0.421. The lowest BCUT2D eigenvalue weighted by Crippen LogP contribution is -2.15. The van der Waals surface area contributed by atoms with Crippen molar-refractivity contribution in [3.8, 4) is 17.6 Å². The van der Waals surface area contributed by atoms with Gasteiger partial charge in [-0.1, -0.05) is 0 Å². The van der Waals surface area contributed by atoms with E-state index in [9.17, 15) is 0 Å². The summed E-state index contributed by atoms with van der Waals surface area (Å²) in [4.78, 5) is 0. The third-order valence-corrected chi connectivity index (χ3v) is 1.83. The molecule has 0 saturated carbocycles. The van der Waals surface area contributed by atoms with Gasteiger partial charge in [0.05, 0.1) is 11.3 Å². The summed E-state index contributed by atoms with van der Waals surface area (Å²) in [6.45, 7) is 1.04. The van der Waals surface area contributed by atoms with Crippen molar-refractivity contribution in [2.75, 3.05) is 18.9 Å². The Labute approximate surface area is 75.5 Å². The second-order valence-electron chi connectivity index (χ2n) is 2.69. The van der Waals surface area contributed by atoms with Gasteiger partial charge < -0.3 is 15.2 Å². The van der Waals surface area contributed by atoms with Gasteiger partial charge in [-0.2, -0.15) is 5.26 Å². The first-order valence-electron chi connectivity index (χ1n) is 3.90. The first-order chi connectivity index (χ1) is 6.31. The lowest BCUT2D eigenvalue weighted by Gasteiger charge is -2.18. The maximum atomic E-state index is 8.69. The molecular weight excluding hydrogens is 168 g/mol. The molecule has 2 N–H and O–H groups in total. The fourth-order valence-corrected chi connectivity index (χ4v) is 1.20. The van der Waals surface area contributed by atoms with Gasteiger partial charge in [-0.15, -0.1) is 0 Å². The first-order valence-corrected chi connectivity index (χ1v) is 3.90. The number of fused-ring (bicyclic) bond motifs is 1. The van der Waals surface area contributed by atoms with Crippen molar-refractivity contribution in [1.82, 2.24) is 0 Å². The molecule has 2 rings (SSSR count). The minimum absolute atomic E-state index is 0.421. The number of nitriles is 1. The molecule has 1 aromatic rings. The SMILES string of the molecule is N#Cc1cc2c(cc1N)OCCO2. The van der Waals surface area contributed by atoms with Crippen molar-refractivity contribution in [2.45, 2.75) is 0 Å². The zero-order valence-electron chi connectivity index (χ0n) is 6.91. The summed E-state index contributed by atoms with van der Waals surface area (Å²) in [5.41, 5.74) is 6.44. The van der Waals surface area contributed by atoms with Gasteiger partial charge in [-0.25, -0.2) is 0 Å². The molecule has 0 fully saturated rings. The minimum Gasteiger partial charge on any atom is -0.486 e. The van der Waals surface area contributed by atoms with Crippen molar-refractivity contribution in [3.05, 3.63) is 17.7 Å². The van der Waals surface area contributed by atoms with Gasteiger partial charge in [0, 0.05) is 12.1 Å². The third kappa shape index (κ3) is 1.25. The molecule has 66 valence electrons. The second kappa shape index (κ2) is 2.87. The summed E-state index contributed by atoms with van der Waals surface area (Å²) < 4.78 is 10.6. The van der Waals surface area contributed by atoms with E-state index in [2.05, 4.69) is 0 Å². The number of nitrogen functional groups attached to an aromatic ring is 1. The van der Waals surface area contributed by atoms with Crippen LogP contribution in [0.2, 0.25) is 0 Å². The molecule has 1 heterocycles. The number of rotatable bonds is 0. The van der Waals surface area contributed by atoms with E-state index in [1.807, 2.05) is 6.07 Å². The Hall–Kier alpha value is -1.89. The van der Waals surface area contributed by atoms with E-state index in [1.54, 1.807) is 12.1 Å². The van der Waals surface area contributed by atoms with Crippen molar-refractivity contribution in [2.24, 2.45) is 0 Å². The second-order valence-corrected chi connectivity index (χ2v) is 2.69. The molecule has 4 heteroatoms. The van der Waals surface area contributed by atoms with Crippen molar-refractivity contribution in [3.63, 3.8) is 0 Å². The number of nitrogens with two attached hydrogens (primary N) is 1. The van der Waals surface area contributed by atoms with Gasteiger partial charge in [0.25, 0.3) is 0 Å². The molecule has 0 amide bonds. The Bertz CT molecular complexity index is 382. The van der Waals surface area contributed by atoms with Crippen LogP contribution in [0, 0.1) is 11.3 Å². The molecular formula is C9H8N2O2.